The number of methoxy groups -OCH3 is 1. The van der Waals surface area contributed by atoms with Crippen LogP contribution in [0.25, 0.3) is 0 Å². The molecule has 4 atom stereocenters. The van der Waals surface area contributed by atoms with Gasteiger partial charge >= 0.3 is 0 Å². The Morgan fingerprint density at radius 1 is 1.35 bits per heavy atom. The molecule has 1 aromatic carbocycles. The molecule has 1 N–H and O–H groups in total. The summed E-state index contributed by atoms with van der Waals surface area (Å²) in [4.78, 5) is 15.5. The summed E-state index contributed by atoms with van der Waals surface area (Å²) in [6.45, 7) is 4.36. The summed E-state index contributed by atoms with van der Waals surface area (Å²) in [5.41, 5.74) is 2.07. The third-order valence-electron chi connectivity index (χ3n) is 7.70. The predicted molar refractivity (Wildman–Crippen MR) is 99.6 cm³/mol. The number of Topliss-reactive ketones (excluding diaryl/α,β-unsaturated/α-hetero) is 1. The fourth-order valence-corrected chi connectivity index (χ4v) is 6.18. The van der Waals surface area contributed by atoms with Crippen LogP contribution in [0.5, 0.6) is 11.5 Å². The molecule has 1 heterocycles. The van der Waals surface area contributed by atoms with E-state index in [1.54, 1.807) is 7.11 Å². The predicted octanol–water partition coefficient (Wildman–Crippen LogP) is 3.29. The molecule has 4 nitrogen and oxygen atoms in total. The lowest BCUT2D eigenvalue weighted by atomic mass is 9.50. The summed E-state index contributed by atoms with van der Waals surface area (Å²) >= 11 is 0. The standard InChI is InChI=1S/C22H29NO3/c1-13-9-16-17-10-15-5-6-19(26-2)21(25)20(15)22(16,11-18(13)24)7-8-23(17)12-14-3-4-14/h5-6,13-14,16-17,25H,3-4,7-12H2,1-2H3/t13-,16-,17+,22-/m0/s1. The van der Waals surface area contributed by atoms with Gasteiger partial charge in [0.1, 0.15) is 5.78 Å². The zero-order chi connectivity index (χ0) is 18.1. The van der Waals surface area contributed by atoms with Gasteiger partial charge in [0.2, 0.25) is 0 Å². The molecule has 140 valence electrons. The van der Waals surface area contributed by atoms with E-state index in [0.717, 1.165) is 37.3 Å². The number of carbonyl (C=O) groups is 1. The number of ether oxygens (including phenoxy) is 1. The van der Waals surface area contributed by atoms with Crippen LogP contribution in [0.2, 0.25) is 0 Å². The Morgan fingerprint density at radius 3 is 2.88 bits per heavy atom. The van der Waals surface area contributed by atoms with Crippen molar-refractivity contribution in [2.75, 3.05) is 20.2 Å². The number of benzene rings is 1. The molecule has 3 fully saturated rings. The van der Waals surface area contributed by atoms with Gasteiger partial charge in [0.15, 0.2) is 11.5 Å². The van der Waals surface area contributed by atoms with Gasteiger partial charge in [-0.25, -0.2) is 0 Å². The number of rotatable bonds is 3. The molecule has 2 bridgehead atoms. The minimum Gasteiger partial charge on any atom is -0.504 e. The molecule has 0 unspecified atom stereocenters. The number of likely N-dealkylation sites (tertiary alicyclic amines) is 1. The van der Waals surface area contributed by atoms with E-state index < -0.39 is 0 Å². The van der Waals surface area contributed by atoms with E-state index in [4.69, 9.17) is 4.74 Å². The molecule has 4 aliphatic rings. The van der Waals surface area contributed by atoms with Gasteiger partial charge in [0, 0.05) is 35.9 Å². The van der Waals surface area contributed by atoms with Crippen molar-refractivity contribution in [1.29, 1.82) is 0 Å². The SMILES string of the molecule is COc1ccc2c(c1O)[C@]13CCN(CC4CC4)[C@H](C2)[C@@H]1C[C@H](C)C(=O)C3. The summed E-state index contributed by atoms with van der Waals surface area (Å²) in [6.07, 6.45) is 6.27. The zero-order valence-corrected chi connectivity index (χ0v) is 15.8. The summed E-state index contributed by atoms with van der Waals surface area (Å²) in [5.74, 6) is 2.69. The second kappa shape index (κ2) is 5.72. The molecule has 1 aromatic rings. The maximum absolute atomic E-state index is 12.8. The van der Waals surface area contributed by atoms with Crippen molar-refractivity contribution in [2.24, 2.45) is 17.8 Å². The molecule has 2 saturated carbocycles. The van der Waals surface area contributed by atoms with Crippen LogP contribution >= 0.6 is 0 Å². The van der Waals surface area contributed by atoms with E-state index in [1.165, 1.54) is 24.9 Å². The minimum atomic E-state index is -0.194. The van der Waals surface area contributed by atoms with Crippen LogP contribution in [0.1, 0.15) is 50.2 Å². The quantitative estimate of drug-likeness (QED) is 0.904. The van der Waals surface area contributed by atoms with Gasteiger partial charge in [-0.3, -0.25) is 9.69 Å². The third-order valence-corrected chi connectivity index (χ3v) is 7.70. The summed E-state index contributed by atoms with van der Waals surface area (Å²) in [5, 5.41) is 11.0. The van der Waals surface area contributed by atoms with Gasteiger partial charge in [-0.05, 0) is 62.1 Å². The highest BCUT2D eigenvalue weighted by Crippen LogP contribution is 2.59. The molecule has 26 heavy (non-hydrogen) atoms. The largest absolute Gasteiger partial charge is 0.504 e. The van der Waals surface area contributed by atoms with Gasteiger partial charge in [-0.15, -0.1) is 0 Å². The molecule has 0 aromatic heterocycles. The Labute approximate surface area is 155 Å². The second-order valence-corrected chi connectivity index (χ2v) is 9.15. The van der Waals surface area contributed by atoms with Gasteiger partial charge in [0.25, 0.3) is 0 Å². The van der Waals surface area contributed by atoms with Crippen molar-refractivity contribution < 1.29 is 14.6 Å². The smallest absolute Gasteiger partial charge is 0.161 e. The van der Waals surface area contributed by atoms with Crippen LogP contribution in [-0.4, -0.2) is 42.0 Å². The number of carbonyl (C=O) groups excluding carboxylic acids is 1. The van der Waals surface area contributed by atoms with Crippen molar-refractivity contribution in [3.05, 3.63) is 23.3 Å². The Balaban J connectivity index is 1.64. The van der Waals surface area contributed by atoms with E-state index >= 15 is 0 Å². The van der Waals surface area contributed by atoms with Crippen molar-refractivity contribution in [2.45, 2.75) is 56.9 Å². The summed E-state index contributed by atoms with van der Waals surface area (Å²) < 4.78 is 5.41. The maximum atomic E-state index is 12.8. The number of ketones is 1. The van der Waals surface area contributed by atoms with Gasteiger partial charge in [0.05, 0.1) is 7.11 Å². The topological polar surface area (TPSA) is 49.8 Å². The summed E-state index contributed by atoms with van der Waals surface area (Å²) in [6, 6.07) is 4.53. The van der Waals surface area contributed by atoms with Crippen LogP contribution in [0.15, 0.2) is 12.1 Å². The van der Waals surface area contributed by atoms with Crippen molar-refractivity contribution in [3.8, 4) is 11.5 Å². The normalized spacial score (nSPS) is 36.4. The van der Waals surface area contributed by atoms with E-state index in [1.807, 2.05) is 6.07 Å². The lowest BCUT2D eigenvalue weighted by Gasteiger charge is -2.59. The number of hydrogen-bond donors (Lipinski definition) is 1. The molecule has 5 rings (SSSR count). The molecule has 4 heteroatoms. The second-order valence-electron chi connectivity index (χ2n) is 9.15. The fourth-order valence-electron chi connectivity index (χ4n) is 6.18. The van der Waals surface area contributed by atoms with Crippen LogP contribution in [0, 0.1) is 17.8 Å². The molecular formula is C22H29NO3. The molecule has 0 amide bonds. The van der Waals surface area contributed by atoms with Gasteiger partial charge in [-0.1, -0.05) is 13.0 Å². The van der Waals surface area contributed by atoms with Crippen LogP contribution in [-0.2, 0) is 16.6 Å². The highest BCUT2D eigenvalue weighted by Gasteiger charge is 2.58. The van der Waals surface area contributed by atoms with Crippen LogP contribution in [0.3, 0.4) is 0 Å². The highest BCUT2D eigenvalue weighted by atomic mass is 16.5. The highest BCUT2D eigenvalue weighted by molar-refractivity contribution is 5.84. The number of phenolic OH excluding ortho intramolecular Hbond substituents is 1. The Kier molecular flexibility index (Phi) is 3.66. The number of fused-ring (bicyclic) bond motifs is 1. The summed E-state index contributed by atoms with van der Waals surface area (Å²) in [7, 11) is 1.61. The van der Waals surface area contributed by atoms with E-state index in [9.17, 15) is 9.90 Å². The number of aromatic hydroxyl groups is 1. The molecule has 3 aliphatic carbocycles. The van der Waals surface area contributed by atoms with E-state index in [2.05, 4.69) is 17.9 Å². The number of hydrogen-bond acceptors (Lipinski definition) is 4. The molecular weight excluding hydrogens is 326 g/mol. The molecule has 1 saturated heterocycles. The molecule has 0 spiro atoms. The lowest BCUT2D eigenvalue weighted by molar-refractivity contribution is -0.132. The Hall–Kier alpha value is -1.55. The molecule has 1 aliphatic heterocycles. The lowest BCUT2D eigenvalue weighted by Crippen LogP contribution is -2.63. The first-order valence-electron chi connectivity index (χ1n) is 10.2. The zero-order valence-electron chi connectivity index (χ0n) is 15.8. The van der Waals surface area contributed by atoms with Crippen LogP contribution < -0.4 is 4.74 Å². The van der Waals surface area contributed by atoms with Crippen LogP contribution in [0.4, 0.5) is 0 Å². The monoisotopic (exact) mass is 355 g/mol. The third kappa shape index (κ3) is 2.27. The Morgan fingerprint density at radius 2 is 2.15 bits per heavy atom. The number of phenols is 1. The number of nitrogens with zero attached hydrogens (tertiary/aromatic N) is 1. The van der Waals surface area contributed by atoms with Crippen molar-refractivity contribution in [3.63, 3.8) is 0 Å². The first-order chi connectivity index (χ1) is 12.5. The van der Waals surface area contributed by atoms with Gasteiger partial charge in [-0.2, -0.15) is 0 Å². The number of piperidine rings is 1. The average Bonchev–Trinajstić information content (AvgIpc) is 3.42. The van der Waals surface area contributed by atoms with E-state index in [-0.39, 0.29) is 17.1 Å². The molecule has 0 radical (unpaired) electrons. The van der Waals surface area contributed by atoms with E-state index in [0.29, 0.717) is 29.9 Å². The van der Waals surface area contributed by atoms with Crippen molar-refractivity contribution in [1.82, 2.24) is 4.90 Å². The first kappa shape index (κ1) is 16.6. The first-order valence-corrected chi connectivity index (χ1v) is 10.2. The van der Waals surface area contributed by atoms with Crippen molar-refractivity contribution >= 4 is 5.78 Å². The van der Waals surface area contributed by atoms with Gasteiger partial charge < -0.3 is 9.84 Å². The Bertz CT molecular complexity index is 756. The fraction of sp³-hybridized carbons (Fsp3) is 0.682. The average molecular weight is 355 g/mol. The maximum Gasteiger partial charge on any atom is 0.161 e. The minimum absolute atomic E-state index is 0.144.